The molecule has 0 spiro atoms. The summed E-state index contributed by atoms with van der Waals surface area (Å²) in [6, 6.07) is 15.4. The summed E-state index contributed by atoms with van der Waals surface area (Å²) in [7, 11) is -7.91. The maximum atomic E-state index is 13.1. The second-order valence-electron chi connectivity index (χ2n) is 8.49. The Labute approximate surface area is 229 Å². The summed E-state index contributed by atoms with van der Waals surface area (Å²) in [5.41, 5.74) is 0.843. The van der Waals surface area contributed by atoms with Crippen LogP contribution in [0, 0.1) is 6.92 Å². The molecule has 1 saturated heterocycles. The van der Waals surface area contributed by atoms with E-state index in [4.69, 9.17) is 4.74 Å². The molecule has 3 aromatic rings. The van der Waals surface area contributed by atoms with Gasteiger partial charge in [-0.15, -0.1) is 0 Å². The number of thioether (sulfide) groups is 1. The van der Waals surface area contributed by atoms with Crippen molar-refractivity contribution < 1.29 is 35.1 Å². The molecule has 0 aromatic heterocycles. The van der Waals surface area contributed by atoms with Crippen LogP contribution in [0.4, 0.5) is 20.2 Å². The minimum Gasteiger partial charge on any atom is -0.379 e. The summed E-state index contributed by atoms with van der Waals surface area (Å²) in [4.78, 5) is 13.1. The SMILES string of the molecule is Cc1ccc(NC(=O)c2cccc(S(=O)(=O)N3CCOCC3)c2)cc1S(=O)(=O)Nc1ccc(SC(F)F)cc1. The first-order valence-corrected chi connectivity index (χ1v) is 15.4. The highest BCUT2D eigenvalue weighted by Crippen LogP contribution is 2.28. The Morgan fingerprint density at radius 1 is 0.949 bits per heavy atom. The van der Waals surface area contributed by atoms with E-state index in [0.29, 0.717) is 17.3 Å². The Bertz CT molecular complexity index is 1560. The molecular formula is C25H25F2N3O6S3. The van der Waals surface area contributed by atoms with Crippen molar-refractivity contribution in [3.63, 3.8) is 0 Å². The minimum atomic E-state index is -4.09. The lowest BCUT2D eigenvalue weighted by atomic mass is 10.2. The van der Waals surface area contributed by atoms with Crippen LogP contribution in [-0.4, -0.2) is 59.1 Å². The highest BCUT2D eigenvalue weighted by atomic mass is 32.2. The average molecular weight is 598 g/mol. The Balaban J connectivity index is 1.51. The van der Waals surface area contributed by atoms with Crippen LogP contribution in [0.1, 0.15) is 15.9 Å². The van der Waals surface area contributed by atoms with Crippen LogP contribution in [0.3, 0.4) is 0 Å². The zero-order valence-electron chi connectivity index (χ0n) is 20.6. The highest BCUT2D eigenvalue weighted by Gasteiger charge is 2.27. The summed E-state index contributed by atoms with van der Waals surface area (Å²) in [6.07, 6.45) is 0. The Morgan fingerprint density at radius 3 is 2.28 bits per heavy atom. The standard InChI is InChI=1S/C25H25F2N3O6S3/c1-17-5-6-20(16-23(17)38(32,33)29-19-7-9-21(10-8-19)37-25(26)27)28-24(31)18-3-2-4-22(15-18)39(34,35)30-11-13-36-14-12-30/h2-10,15-16,25,29H,11-14H2,1H3,(H,28,31). The Hall–Kier alpha value is -3.04. The topological polar surface area (TPSA) is 122 Å². The van der Waals surface area contributed by atoms with Crippen LogP contribution in [0.2, 0.25) is 0 Å². The number of hydrogen-bond donors (Lipinski definition) is 2. The van der Waals surface area contributed by atoms with Gasteiger partial charge in [-0.2, -0.15) is 13.1 Å². The van der Waals surface area contributed by atoms with E-state index < -0.39 is 31.7 Å². The summed E-state index contributed by atoms with van der Waals surface area (Å²) < 4.78 is 86.0. The van der Waals surface area contributed by atoms with Crippen LogP contribution >= 0.6 is 11.8 Å². The molecule has 0 atom stereocenters. The van der Waals surface area contributed by atoms with E-state index in [1.807, 2.05) is 0 Å². The van der Waals surface area contributed by atoms with Crippen LogP contribution in [0.15, 0.2) is 81.4 Å². The third-order valence-corrected chi connectivity index (χ3v) is 9.91. The van der Waals surface area contributed by atoms with Crippen molar-refractivity contribution in [3.8, 4) is 0 Å². The van der Waals surface area contributed by atoms with Crippen molar-refractivity contribution in [2.45, 2.75) is 27.4 Å². The van der Waals surface area contributed by atoms with Gasteiger partial charge >= 0.3 is 0 Å². The van der Waals surface area contributed by atoms with Gasteiger partial charge in [0.15, 0.2) is 0 Å². The molecule has 3 aromatic carbocycles. The molecule has 0 radical (unpaired) electrons. The first-order chi connectivity index (χ1) is 18.5. The maximum Gasteiger partial charge on any atom is 0.288 e. The number of rotatable bonds is 9. The fourth-order valence-corrected chi connectivity index (χ4v) is 7.10. The second kappa shape index (κ2) is 12.0. The normalized spacial score (nSPS) is 14.8. The number of nitrogens with one attached hydrogen (secondary N) is 2. The number of carbonyl (C=O) groups excluding carboxylic acids is 1. The van der Waals surface area contributed by atoms with Gasteiger partial charge in [-0.25, -0.2) is 16.8 Å². The number of carbonyl (C=O) groups is 1. The molecule has 1 fully saturated rings. The van der Waals surface area contributed by atoms with Crippen molar-refractivity contribution in [1.29, 1.82) is 0 Å². The molecule has 0 bridgehead atoms. The average Bonchev–Trinajstić information content (AvgIpc) is 2.91. The number of anilines is 2. The number of hydrogen-bond acceptors (Lipinski definition) is 7. The predicted molar refractivity (Wildman–Crippen MR) is 144 cm³/mol. The molecule has 14 heteroatoms. The quantitative estimate of drug-likeness (QED) is 0.351. The first-order valence-electron chi connectivity index (χ1n) is 11.6. The molecule has 9 nitrogen and oxygen atoms in total. The molecular weight excluding hydrogens is 572 g/mol. The van der Waals surface area contributed by atoms with Crippen molar-refractivity contribution in [2.75, 3.05) is 36.3 Å². The molecule has 1 aliphatic rings. The summed E-state index contributed by atoms with van der Waals surface area (Å²) in [6.45, 7) is 2.59. The van der Waals surface area contributed by atoms with Gasteiger partial charge in [0.25, 0.3) is 21.7 Å². The summed E-state index contributed by atoms with van der Waals surface area (Å²) >= 11 is 0.347. The van der Waals surface area contributed by atoms with Gasteiger partial charge in [0.2, 0.25) is 10.0 Å². The number of benzene rings is 3. The molecule has 2 N–H and O–H groups in total. The lowest BCUT2D eigenvalue weighted by Crippen LogP contribution is -2.40. The number of halogens is 2. The van der Waals surface area contributed by atoms with E-state index in [0.717, 1.165) is 0 Å². The summed E-state index contributed by atoms with van der Waals surface area (Å²) in [5, 5.41) is 2.61. The Kier molecular flexibility index (Phi) is 8.91. The van der Waals surface area contributed by atoms with Crippen LogP contribution in [-0.2, 0) is 24.8 Å². The number of aryl methyl sites for hydroxylation is 1. The van der Waals surface area contributed by atoms with E-state index in [1.54, 1.807) is 6.92 Å². The molecule has 39 heavy (non-hydrogen) atoms. The van der Waals surface area contributed by atoms with Crippen molar-refractivity contribution in [2.24, 2.45) is 0 Å². The number of alkyl halides is 2. The zero-order chi connectivity index (χ0) is 28.2. The van der Waals surface area contributed by atoms with E-state index in [-0.39, 0.29) is 57.9 Å². The van der Waals surface area contributed by atoms with Crippen LogP contribution in [0.25, 0.3) is 0 Å². The molecule has 1 aliphatic heterocycles. The van der Waals surface area contributed by atoms with E-state index >= 15 is 0 Å². The van der Waals surface area contributed by atoms with Crippen molar-refractivity contribution >= 4 is 49.1 Å². The minimum absolute atomic E-state index is 0.0357. The number of morpholine rings is 1. The van der Waals surface area contributed by atoms with Gasteiger partial charge in [0.1, 0.15) is 0 Å². The van der Waals surface area contributed by atoms with Gasteiger partial charge < -0.3 is 10.1 Å². The van der Waals surface area contributed by atoms with Gasteiger partial charge in [-0.1, -0.05) is 23.9 Å². The Morgan fingerprint density at radius 2 is 1.62 bits per heavy atom. The molecule has 4 rings (SSSR count). The molecule has 208 valence electrons. The van der Waals surface area contributed by atoms with Gasteiger partial charge in [0, 0.05) is 34.9 Å². The lowest BCUT2D eigenvalue weighted by Gasteiger charge is -2.26. The third kappa shape index (κ3) is 7.13. The van der Waals surface area contributed by atoms with Gasteiger partial charge in [0.05, 0.1) is 23.0 Å². The highest BCUT2D eigenvalue weighted by molar-refractivity contribution is 7.99. The largest absolute Gasteiger partial charge is 0.379 e. The number of amides is 1. The molecule has 0 saturated carbocycles. The molecule has 1 heterocycles. The first kappa shape index (κ1) is 29.0. The van der Waals surface area contributed by atoms with Gasteiger partial charge in [-0.05, 0) is 67.1 Å². The number of nitrogens with zero attached hydrogens (tertiary/aromatic N) is 1. The monoisotopic (exact) mass is 597 g/mol. The molecule has 0 unspecified atom stereocenters. The van der Waals surface area contributed by atoms with Crippen molar-refractivity contribution in [1.82, 2.24) is 4.31 Å². The fourth-order valence-electron chi connectivity index (χ4n) is 3.82. The zero-order valence-corrected chi connectivity index (χ0v) is 23.1. The van der Waals surface area contributed by atoms with E-state index in [9.17, 15) is 30.4 Å². The van der Waals surface area contributed by atoms with Gasteiger partial charge in [-0.3, -0.25) is 9.52 Å². The fraction of sp³-hybridized carbons (Fsp3) is 0.240. The second-order valence-corrected chi connectivity index (χ2v) is 13.1. The smallest absolute Gasteiger partial charge is 0.288 e. The van der Waals surface area contributed by atoms with E-state index in [1.165, 1.54) is 71.0 Å². The number of sulfonamides is 2. The van der Waals surface area contributed by atoms with E-state index in [2.05, 4.69) is 10.0 Å². The summed E-state index contributed by atoms with van der Waals surface area (Å²) in [5.74, 6) is -3.22. The lowest BCUT2D eigenvalue weighted by molar-refractivity contribution is 0.0730. The maximum absolute atomic E-state index is 13.1. The molecule has 1 amide bonds. The van der Waals surface area contributed by atoms with Crippen molar-refractivity contribution in [3.05, 3.63) is 77.9 Å². The number of ether oxygens (including phenoxy) is 1. The third-order valence-electron chi connectivity index (χ3n) is 5.77. The predicted octanol–water partition coefficient (Wildman–Crippen LogP) is 4.38. The molecule has 0 aliphatic carbocycles. The van der Waals surface area contributed by atoms with Crippen LogP contribution in [0.5, 0.6) is 0 Å². The van der Waals surface area contributed by atoms with Crippen LogP contribution < -0.4 is 10.0 Å².